The first kappa shape index (κ1) is 20.9. The summed E-state index contributed by atoms with van der Waals surface area (Å²) in [5, 5.41) is 10.9. The lowest BCUT2D eigenvalue weighted by atomic mass is 9.53. The molecule has 31 heavy (non-hydrogen) atoms. The molecular weight excluding hydrogens is 388 g/mol. The fourth-order valence-corrected chi connectivity index (χ4v) is 4.97. The van der Waals surface area contributed by atoms with E-state index in [1.165, 1.54) is 6.08 Å². The minimum Gasteiger partial charge on any atom is -0.508 e. The quantitative estimate of drug-likeness (QED) is 0.722. The maximum atomic E-state index is 13.3. The molecule has 2 aliphatic carbocycles. The topological polar surface area (TPSA) is 63.6 Å². The van der Waals surface area contributed by atoms with Crippen molar-refractivity contribution >= 4 is 11.6 Å². The minimum absolute atomic E-state index is 0.0359. The van der Waals surface area contributed by atoms with Gasteiger partial charge in [0, 0.05) is 23.5 Å². The normalized spacial score (nSPS) is 25.4. The van der Waals surface area contributed by atoms with Gasteiger partial charge >= 0.3 is 0 Å². The second-order valence-corrected chi connectivity index (χ2v) is 8.47. The Morgan fingerprint density at radius 2 is 1.94 bits per heavy atom. The zero-order chi connectivity index (χ0) is 22.2. The molecule has 4 heteroatoms. The zero-order valence-corrected chi connectivity index (χ0v) is 17.8. The molecule has 2 aromatic carbocycles. The molecule has 0 radical (unpaired) electrons. The van der Waals surface area contributed by atoms with Gasteiger partial charge < -0.3 is 9.84 Å². The van der Waals surface area contributed by atoms with Crippen LogP contribution in [-0.4, -0.2) is 16.7 Å². The molecule has 4 nitrogen and oxygen atoms in total. The number of hydrogen-bond acceptors (Lipinski definition) is 4. The van der Waals surface area contributed by atoms with Gasteiger partial charge in [-0.25, -0.2) is 0 Å². The van der Waals surface area contributed by atoms with Crippen LogP contribution in [0.15, 0.2) is 84.5 Å². The number of rotatable bonds is 5. The Balaban J connectivity index is 1.71. The number of phenols is 1. The maximum Gasteiger partial charge on any atom is 0.166 e. The van der Waals surface area contributed by atoms with Crippen molar-refractivity contribution in [2.45, 2.75) is 32.8 Å². The smallest absolute Gasteiger partial charge is 0.166 e. The van der Waals surface area contributed by atoms with Crippen molar-refractivity contribution in [1.29, 1.82) is 0 Å². The van der Waals surface area contributed by atoms with Crippen molar-refractivity contribution in [3.63, 3.8) is 0 Å². The summed E-state index contributed by atoms with van der Waals surface area (Å²) in [5.74, 6) is -0.436. The molecule has 0 spiro atoms. The number of phenolic OH excluding ortho intramolecular Hbond substituents is 1. The number of benzene rings is 2. The van der Waals surface area contributed by atoms with Gasteiger partial charge in [0.15, 0.2) is 11.6 Å². The third kappa shape index (κ3) is 3.52. The Hall–Kier alpha value is -3.40. The molecule has 2 aromatic rings. The summed E-state index contributed by atoms with van der Waals surface area (Å²) in [6.45, 7) is 7.83. The summed E-state index contributed by atoms with van der Waals surface area (Å²) in [6, 6.07) is 14.9. The van der Waals surface area contributed by atoms with E-state index in [1.807, 2.05) is 43.3 Å². The molecule has 158 valence electrons. The SMILES string of the molecule is C=CC1=CCC2C(=O)C=C(C)C(=O)C2(C)C1c1ccc(OCc2ccccc2)cc1O. The number of fused-ring (bicyclic) bond motifs is 1. The second-order valence-electron chi connectivity index (χ2n) is 8.47. The van der Waals surface area contributed by atoms with Crippen LogP contribution in [0.5, 0.6) is 11.5 Å². The van der Waals surface area contributed by atoms with E-state index in [0.717, 1.165) is 11.1 Å². The molecule has 0 fully saturated rings. The molecule has 0 saturated carbocycles. The van der Waals surface area contributed by atoms with E-state index < -0.39 is 17.3 Å². The average Bonchev–Trinajstić information content (AvgIpc) is 2.77. The third-order valence-corrected chi connectivity index (χ3v) is 6.59. The van der Waals surface area contributed by atoms with E-state index in [4.69, 9.17) is 4.74 Å². The summed E-state index contributed by atoms with van der Waals surface area (Å²) in [5.41, 5.74) is 1.96. The van der Waals surface area contributed by atoms with Gasteiger partial charge in [-0.3, -0.25) is 9.59 Å². The number of aromatic hydroxyl groups is 1. The van der Waals surface area contributed by atoms with Crippen LogP contribution in [-0.2, 0) is 16.2 Å². The molecule has 0 bridgehead atoms. The number of allylic oxidation sites excluding steroid dienone is 5. The molecule has 0 saturated heterocycles. The largest absolute Gasteiger partial charge is 0.508 e. The monoisotopic (exact) mass is 414 g/mol. The molecular formula is C27H26O4. The highest BCUT2D eigenvalue weighted by molar-refractivity contribution is 6.13. The molecule has 3 unspecified atom stereocenters. The van der Waals surface area contributed by atoms with Crippen LogP contribution in [0.1, 0.15) is 37.3 Å². The fourth-order valence-electron chi connectivity index (χ4n) is 4.97. The van der Waals surface area contributed by atoms with Gasteiger partial charge in [0.2, 0.25) is 0 Å². The van der Waals surface area contributed by atoms with Crippen LogP contribution >= 0.6 is 0 Å². The highest BCUT2D eigenvalue weighted by Crippen LogP contribution is 2.56. The Labute approximate surface area is 182 Å². The van der Waals surface area contributed by atoms with Gasteiger partial charge in [-0.2, -0.15) is 0 Å². The number of carbonyl (C=O) groups excluding carboxylic acids is 2. The fraction of sp³-hybridized carbons (Fsp3) is 0.259. The number of Topliss-reactive ketones (excluding diaryl/α,β-unsaturated/α-hetero) is 1. The van der Waals surface area contributed by atoms with Crippen molar-refractivity contribution in [3.8, 4) is 11.5 Å². The minimum atomic E-state index is -0.974. The molecule has 0 heterocycles. The van der Waals surface area contributed by atoms with Crippen LogP contribution in [0, 0.1) is 11.3 Å². The summed E-state index contributed by atoms with van der Waals surface area (Å²) < 4.78 is 5.83. The van der Waals surface area contributed by atoms with Crippen molar-refractivity contribution in [1.82, 2.24) is 0 Å². The summed E-state index contributed by atoms with van der Waals surface area (Å²) in [4.78, 5) is 26.1. The van der Waals surface area contributed by atoms with Crippen LogP contribution < -0.4 is 4.74 Å². The summed E-state index contributed by atoms with van der Waals surface area (Å²) in [6.07, 6.45) is 5.63. The predicted octanol–water partition coefficient (Wildman–Crippen LogP) is 5.29. The number of hydrogen-bond donors (Lipinski definition) is 1. The Kier molecular flexibility index (Phi) is 5.40. The van der Waals surface area contributed by atoms with Gasteiger partial charge in [-0.1, -0.05) is 62.1 Å². The van der Waals surface area contributed by atoms with E-state index in [-0.39, 0.29) is 17.3 Å². The number of ketones is 2. The first-order chi connectivity index (χ1) is 14.9. The third-order valence-electron chi connectivity index (χ3n) is 6.59. The lowest BCUT2D eigenvalue weighted by Gasteiger charge is -2.47. The molecule has 1 N–H and O–H groups in total. The van der Waals surface area contributed by atoms with Crippen LogP contribution in [0.4, 0.5) is 0 Å². The van der Waals surface area contributed by atoms with Crippen molar-refractivity contribution in [2.24, 2.45) is 11.3 Å². The number of ether oxygens (including phenoxy) is 1. The van der Waals surface area contributed by atoms with Gasteiger partial charge in [-0.05, 0) is 42.2 Å². The summed E-state index contributed by atoms with van der Waals surface area (Å²) >= 11 is 0. The number of carbonyl (C=O) groups is 2. The highest BCUT2D eigenvalue weighted by Gasteiger charge is 2.55. The first-order valence-corrected chi connectivity index (χ1v) is 10.4. The van der Waals surface area contributed by atoms with E-state index in [1.54, 1.807) is 31.2 Å². The second kappa shape index (κ2) is 8.03. The first-order valence-electron chi connectivity index (χ1n) is 10.4. The highest BCUT2D eigenvalue weighted by atomic mass is 16.5. The van der Waals surface area contributed by atoms with Gasteiger partial charge in [0.05, 0.1) is 5.41 Å². The molecule has 0 amide bonds. The van der Waals surface area contributed by atoms with Crippen LogP contribution in [0.3, 0.4) is 0 Å². The van der Waals surface area contributed by atoms with Crippen molar-refractivity contribution in [2.75, 3.05) is 0 Å². The van der Waals surface area contributed by atoms with Crippen LogP contribution in [0.25, 0.3) is 0 Å². The van der Waals surface area contributed by atoms with E-state index in [0.29, 0.717) is 29.9 Å². The lowest BCUT2D eigenvalue weighted by molar-refractivity contribution is -0.137. The lowest BCUT2D eigenvalue weighted by Crippen LogP contribution is -2.49. The molecule has 0 aliphatic heterocycles. The Morgan fingerprint density at radius 3 is 2.61 bits per heavy atom. The van der Waals surface area contributed by atoms with Gasteiger partial charge in [-0.15, -0.1) is 0 Å². The van der Waals surface area contributed by atoms with E-state index in [9.17, 15) is 14.7 Å². The zero-order valence-electron chi connectivity index (χ0n) is 17.8. The van der Waals surface area contributed by atoms with Crippen molar-refractivity contribution in [3.05, 3.63) is 95.6 Å². The Morgan fingerprint density at radius 1 is 1.19 bits per heavy atom. The standard InChI is InChI=1S/C27H26O4/c1-4-19-10-13-22-24(29)14-17(2)26(30)27(22,3)25(19)21-12-11-20(15-23(21)28)31-16-18-8-6-5-7-9-18/h4-12,14-15,22,25,28H,1,13,16H2,2-3H3. The van der Waals surface area contributed by atoms with Gasteiger partial charge in [0.1, 0.15) is 18.1 Å². The maximum absolute atomic E-state index is 13.3. The van der Waals surface area contributed by atoms with Gasteiger partial charge in [0.25, 0.3) is 0 Å². The van der Waals surface area contributed by atoms with Crippen molar-refractivity contribution < 1.29 is 19.4 Å². The summed E-state index contributed by atoms with van der Waals surface area (Å²) in [7, 11) is 0. The molecule has 3 atom stereocenters. The van der Waals surface area contributed by atoms with E-state index in [2.05, 4.69) is 6.58 Å². The molecule has 4 rings (SSSR count). The Bertz CT molecular complexity index is 1110. The molecule has 0 aromatic heterocycles. The molecule has 2 aliphatic rings. The van der Waals surface area contributed by atoms with Crippen LogP contribution in [0.2, 0.25) is 0 Å². The average molecular weight is 415 g/mol. The predicted molar refractivity (Wildman–Crippen MR) is 120 cm³/mol. The van der Waals surface area contributed by atoms with E-state index >= 15 is 0 Å².